The Balaban J connectivity index is 1.40. The van der Waals surface area contributed by atoms with Crippen LogP contribution in [0.4, 0.5) is 5.69 Å². The maximum atomic E-state index is 13.0. The number of nitrogens with one attached hydrogen (secondary N) is 1. The van der Waals surface area contributed by atoms with Gasteiger partial charge in [0.2, 0.25) is 16.1 Å². The minimum Gasteiger partial charge on any atom is -0.484 e. The van der Waals surface area contributed by atoms with Gasteiger partial charge in [0.15, 0.2) is 6.61 Å². The van der Waals surface area contributed by atoms with Crippen molar-refractivity contribution in [1.29, 1.82) is 0 Å². The van der Waals surface area contributed by atoms with Crippen molar-refractivity contribution in [2.75, 3.05) is 25.2 Å². The van der Waals surface area contributed by atoms with Crippen LogP contribution in [0.15, 0.2) is 83.8 Å². The van der Waals surface area contributed by atoms with Gasteiger partial charge in [-0.2, -0.15) is 0 Å². The fourth-order valence-corrected chi connectivity index (χ4v) is 5.01. The number of carbonyl (C=O) groups is 2. The van der Waals surface area contributed by atoms with Crippen LogP contribution in [0.3, 0.4) is 0 Å². The van der Waals surface area contributed by atoms with Gasteiger partial charge in [-0.1, -0.05) is 42.5 Å². The number of hydrogen-bond donors (Lipinski definition) is 1. The third-order valence-corrected chi connectivity index (χ3v) is 7.22. The molecule has 1 amide bonds. The zero-order valence-corrected chi connectivity index (χ0v) is 20.6. The van der Waals surface area contributed by atoms with Gasteiger partial charge in [-0.15, -0.1) is 0 Å². The molecule has 10 heteroatoms. The lowest BCUT2D eigenvalue weighted by atomic mass is 10.1. The van der Waals surface area contributed by atoms with E-state index in [1.807, 2.05) is 30.3 Å². The van der Waals surface area contributed by atoms with Crippen molar-refractivity contribution in [2.24, 2.45) is 0 Å². The highest BCUT2D eigenvalue weighted by Gasteiger charge is 2.34. The molecule has 0 aromatic heterocycles. The van der Waals surface area contributed by atoms with Crippen LogP contribution < -0.4 is 19.1 Å². The topological polar surface area (TPSA) is 111 Å². The number of sulfonamides is 1. The first-order chi connectivity index (χ1) is 17.3. The summed E-state index contributed by atoms with van der Waals surface area (Å²) in [6, 6.07) is 21.5. The molecule has 3 aromatic rings. The van der Waals surface area contributed by atoms with Crippen molar-refractivity contribution >= 4 is 27.6 Å². The molecule has 2 atom stereocenters. The number of anilines is 1. The number of hydrogen-bond acceptors (Lipinski definition) is 7. The Morgan fingerprint density at radius 3 is 2.39 bits per heavy atom. The molecular weight excluding hydrogens is 484 g/mol. The van der Waals surface area contributed by atoms with Crippen molar-refractivity contribution < 1.29 is 32.2 Å². The first-order valence-corrected chi connectivity index (χ1v) is 12.7. The minimum absolute atomic E-state index is 0.0195. The molecule has 0 spiro atoms. The van der Waals surface area contributed by atoms with Gasteiger partial charge < -0.3 is 19.1 Å². The molecule has 1 N–H and O–H groups in total. The average molecular weight is 511 g/mol. The zero-order valence-electron chi connectivity index (χ0n) is 19.8. The van der Waals surface area contributed by atoms with E-state index in [1.165, 1.54) is 36.3 Å². The van der Waals surface area contributed by atoms with Gasteiger partial charge in [0.05, 0.1) is 24.2 Å². The summed E-state index contributed by atoms with van der Waals surface area (Å²) in [4.78, 5) is 26.5. The number of carbonyl (C=O) groups excluding carboxylic acids is 2. The second-order valence-electron chi connectivity index (χ2n) is 8.12. The summed E-state index contributed by atoms with van der Waals surface area (Å²) in [6.45, 7) is 1.43. The van der Waals surface area contributed by atoms with Gasteiger partial charge in [0.25, 0.3) is 5.91 Å². The van der Waals surface area contributed by atoms with E-state index in [0.717, 1.165) is 5.56 Å². The largest absolute Gasteiger partial charge is 0.484 e. The second kappa shape index (κ2) is 10.8. The van der Waals surface area contributed by atoms with E-state index in [-0.39, 0.29) is 18.0 Å². The highest BCUT2D eigenvalue weighted by Crippen LogP contribution is 2.33. The van der Waals surface area contributed by atoms with Crippen LogP contribution in [0.2, 0.25) is 0 Å². The Labute approximate surface area is 209 Å². The molecule has 0 bridgehead atoms. The average Bonchev–Trinajstić information content (AvgIpc) is 2.91. The van der Waals surface area contributed by atoms with Gasteiger partial charge in [0, 0.05) is 6.04 Å². The summed E-state index contributed by atoms with van der Waals surface area (Å²) in [6.07, 6.45) is -0.955. The molecule has 9 nitrogen and oxygen atoms in total. The number of methoxy groups -OCH3 is 1. The number of rotatable bonds is 8. The van der Waals surface area contributed by atoms with E-state index in [9.17, 15) is 18.0 Å². The number of fused-ring (bicyclic) bond motifs is 1. The van der Waals surface area contributed by atoms with Crippen LogP contribution in [0.25, 0.3) is 0 Å². The van der Waals surface area contributed by atoms with Crippen LogP contribution in [0.1, 0.15) is 18.5 Å². The molecule has 3 aromatic carbocycles. The van der Waals surface area contributed by atoms with Crippen LogP contribution in [-0.2, 0) is 24.3 Å². The number of amides is 1. The fraction of sp³-hybridized carbons (Fsp3) is 0.231. The lowest BCUT2D eigenvalue weighted by molar-refractivity contribution is -0.148. The van der Waals surface area contributed by atoms with Crippen molar-refractivity contribution in [3.8, 4) is 11.5 Å². The number of esters is 1. The summed E-state index contributed by atoms with van der Waals surface area (Å²) in [5.41, 5.74) is 1.37. The van der Waals surface area contributed by atoms with Crippen LogP contribution in [-0.4, -0.2) is 46.7 Å². The van der Waals surface area contributed by atoms with Crippen molar-refractivity contribution in [2.45, 2.75) is 24.0 Å². The van der Waals surface area contributed by atoms with E-state index >= 15 is 0 Å². The number of ether oxygens (including phenoxy) is 3. The molecule has 1 aliphatic heterocycles. The second-order valence-corrected chi connectivity index (χ2v) is 9.83. The molecule has 1 aliphatic rings. The van der Waals surface area contributed by atoms with Gasteiger partial charge in [-0.3, -0.25) is 4.79 Å². The highest BCUT2D eigenvalue weighted by atomic mass is 32.2. The lowest BCUT2D eigenvalue weighted by Gasteiger charge is -2.33. The quantitative estimate of drug-likeness (QED) is 0.464. The van der Waals surface area contributed by atoms with E-state index in [2.05, 4.69) is 4.72 Å². The number of benzene rings is 3. The maximum Gasteiger partial charge on any atom is 0.348 e. The zero-order chi connectivity index (χ0) is 25.7. The summed E-state index contributed by atoms with van der Waals surface area (Å²) < 4.78 is 44.2. The monoisotopic (exact) mass is 510 g/mol. The Hall–Kier alpha value is -3.89. The molecule has 0 radical (unpaired) electrons. The Morgan fingerprint density at radius 1 is 1.03 bits per heavy atom. The standard InChI is InChI=1S/C26H26N2O7S/c1-18(19-8-4-3-5-9-19)27-36(31,32)21-14-12-20(13-15-21)34-17-25(29)28-16-24(26(30)33-2)35-23-11-7-6-10-22(23)28/h3-15,18,24,27H,16-17H2,1-2H3/t18-,24-/m1/s1. The SMILES string of the molecule is COC(=O)[C@H]1CN(C(=O)COc2ccc(S(=O)(=O)N[C@H](C)c3ccccc3)cc2)c2ccccc2O1. The molecule has 188 valence electrons. The predicted octanol–water partition coefficient (Wildman–Crippen LogP) is 3.07. The molecule has 0 fully saturated rings. The van der Waals surface area contributed by atoms with Gasteiger partial charge >= 0.3 is 5.97 Å². The molecule has 0 aliphatic carbocycles. The summed E-state index contributed by atoms with van der Waals surface area (Å²) in [5.74, 6) is -0.270. The first kappa shape index (κ1) is 25.2. The third kappa shape index (κ3) is 5.67. The smallest absolute Gasteiger partial charge is 0.348 e. The maximum absolute atomic E-state index is 13.0. The minimum atomic E-state index is -3.76. The molecule has 36 heavy (non-hydrogen) atoms. The van der Waals surface area contributed by atoms with Gasteiger partial charge in [0.1, 0.15) is 11.5 Å². The normalized spacial score (nSPS) is 15.8. The Kier molecular flexibility index (Phi) is 7.56. The highest BCUT2D eigenvalue weighted by molar-refractivity contribution is 7.89. The summed E-state index contributed by atoms with van der Waals surface area (Å²) >= 11 is 0. The molecule has 1 heterocycles. The van der Waals surface area contributed by atoms with Crippen LogP contribution in [0.5, 0.6) is 11.5 Å². The Bertz CT molecular complexity index is 1330. The lowest BCUT2D eigenvalue weighted by Crippen LogP contribution is -2.48. The van der Waals surface area contributed by atoms with E-state index < -0.39 is 34.0 Å². The number of nitrogens with zero attached hydrogens (tertiary/aromatic N) is 1. The molecule has 4 rings (SSSR count). The van der Waals surface area contributed by atoms with Crippen molar-refractivity contribution in [3.05, 3.63) is 84.4 Å². The predicted molar refractivity (Wildman–Crippen MR) is 132 cm³/mol. The van der Waals surface area contributed by atoms with E-state index in [1.54, 1.807) is 31.2 Å². The van der Waals surface area contributed by atoms with Gasteiger partial charge in [-0.05, 0) is 48.9 Å². The molecule has 0 saturated carbocycles. The molecular formula is C26H26N2O7S. The summed E-state index contributed by atoms with van der Waals surface area (Å²) in [5, 5.41) is 0. The molecule has 0 unspecified atom stereocenters. The third-order valence-electron chi connectivity index (χ3n) is 5.67. The van der Waals surface area contributed by atoms with E-state index in [4.69, 9.17) is 14.2 Å². The van der Waals surface area contributed by atoms with Crippen molar-refractivity contribution in [1.82, 2.24) is 4.72 Å². The number of para-hydroxylation sites is 2. The first-order valence-electron chi connectivity index (χ1n) is 11.2. The van der Waals surface area contributed by atoms with Crippen LogP contribution in [0, 0.1) is 0 Å². The van der Waals surface area contributed by atoms with E-state index in [0.29, 0.717) is 17.2 Å². The molecule has 0 saturated heterocycles. The van der Waals surface area contributed by atoms with Gasteiger partial charge in [-0.25, -0.2) is 17.9 Å². The summed E-state index contributed by atoms with van der Waals surface area (Å²) in [7, 11) is -2.51. The Morgan fingerprint density at radius 2 is 1.69 bits per heavy atom. The van der Waals surface area contributed by atoms with Crippen LogP contribution >= 0.6 is 0 Å². The van der Waals surface area contributed by atoms with Crippen molar-refractivity contribution in [3.63, 3.8) is 0 Å². The fourth-order valence-electron chi connectivity index (χ4n) is 3.77.